The molecule has 4 N–H and O–H groups in total. The van der Waals surface area contributed by atoms with Crippen molar-refractivity contribution in [2.45, 2.75) is 6.92 Å². The van der Waals surface area contributed by atoms with Crippen LogP contribution >= 0.6 is 23.2 Å². The van der Waals surface area contributed by atoms with Crippen LogP contribution in [0.5, 0.6) is 0 Å². The van der Waals surface area contributed by atoms with Gasteiger partial charge in [-0.25, -0.2) is 4.79 Å². The summed E-state index contributed by atoms with van der Waals surface area (Å²) in [4.78, 5) is 11.2. The number of aromatic carboxylic acids is 1. The van der Waals surface area contributed by atoms with Gasteiger partial charge in [-0.05, 0) is 42.8 Å². The predicted octanol–water partition coefficient (Wildman–Crippen LogP) is 4.33. The summed E-state index contributed by atoms with van der Waals surface area (Å²) in [5.74, 6) is -1.07. The van der Waals surface area contributed by atoms with E-state index in [2.05, 4.69) is 5.32 Å². The third-order valence-electron chi connectivity index (χ3n) is 2.79. The van der Waals surface area contributed by atoms with Crippen LogP contribution in [-0.2, 0) is 0 Å². The Morgan fingerprint density at radius 2 is 1.85 bits per heavy atom. The Hall–Kier alpha value is -1.91. The van der Waals surface area contributed by atoms with Gasteiger partial charge in [-0.3, -0.25) is 0 Å². The minimum Gasteiger partial charge on any atom is -0.478 e. The van der Waals surface area contributed by atoms with Crippen LogP contribution in [0.2, 0.25) is 10.0 Å². The first-order chi connectivity index (χ1) is 9.38. The van der Waals surface area contributed by atoms with E-state index in [1.165, 1.54) is 6.07 Å². The van der Waals surface area contributed by atoms with Crippen molar-refractivity contribution >= 4 is 46.2 Å². The number of halogens is 2. The molecule has 20 heavy (non-hydrogen) atoms. The minimum atomic E-state index is -1.07. The molecule has 2 aromatic rings. The number of hydrogen-bond donors (Lipinski definition) is 3. The first-order valence-electron chi connectivity index (χ1n) is 5.74. The van der Waals surface area contributed by atoms with E-state index in [0.29, 0.717) is 27.1 Å². The lowest BCUT2D eigenvalue weighted by molar-refractivity contribution is 0.0698. The van der Waals surface area contributed by atoms with Gasteiger partial charge in [0.05, 0.1) is 22.0 Å². The predicted molar refractivity (Wildman–Crippen MR) is 82.3 cm³/mol. The summed E-state index contributed by atoms with van der Waals surface area (Å²) in [6, 6.07) is 7.95. The number of carbonyl (C=O) groups is 1. The highest BCUT2D eigenvalue weighted by Gasteiger charge is 2.12. The highest BCUT2D eigenvalue weighted by molar-refractivity contribution is 6.35. The summed E-state index contributed by atoms with van der Waals surface area (Å²) < 4.78 is 0. The minimum absolute atomic E-state index is 0.0674. The van der Waals surface area contributed by atoms with E-state index in [1.54, 1.807) is 24.3 Å². The molecule has 2 aromatic carbocycles. The lowest BCUT2D eigenvalue weighted by atomic mass is 10.1. The van der Waals surface area contributed by atoms with Gasteiger partial charge in [-0.1, -0.05) is 23.2 Å². The molecule has 0 unspecified atom stereocenters. The molecule has 0 bridgehead atoms. The molecule has 0 saturated carbocycles. The van der Waals surface area contributed by atoms with Gasteiger partial charge < -0.3 is 16.2 Å². The number of benzene rings is 2. The molecule has 0 aliphatic rings. The van der Waals surface area contributed by atoms with Gasteiger partial charge in [0, 0.05) is 10.7 Å². The van der Waals surface area contributed by atoms with Gasteiger partial charge in [0.15, 0.2) is 0 Å². The second-order valence-corrected chi connectivity index (χ2v) is 5.13. The Kier molecular flexibility index (Phi) is 4.06. The highest BCUT2D eigenvalue weighted by atomic mass is 35.5. The van der Waals surface area contributed by atoms with Crippen molar-refractivity contribution in [1.29, 1.82) is 0 Å². The van der Waals surface area contributed by atoms with Crippen molar-refractivity contribution in [3.8, 4) is 0 Å². The van der Waals surface area contributed by atoms with Crippen LogP contribution in [0.4, 0.5) is 17.1 Å². The molecule has 0 aromatic heterocycles. The van der Waals surface area contributed by atoms with E-state index >= 15 is 0 Å². The fourth-order valence-electron chi connectivity index (χ4n) is 1.73. The number of hydrogen-bond acceptors (Lipinski definition) is 3. The number of nitrogen functional groups attached to an aromatic ring is 1. The molecule has 4 nitrogen and oxygen atoms in total. The molecule has 0 heterocycles. The molecule has 0 radical (unpaired) electrons. The molecule has 0 aliphatic heterocycles. The summed E-state index contributed by atoms with van der Waals surface area (Å²) in [6.07, 6.45) is 0. The molecule has 2 rings (SSSR count). The quantitative estimate of drug-likeness (QED) is 0.738. The number of anilines is 3. The third kappa shape index (κ3) is 2.98. The van der Waals surface area contributed by atoms with Gasteiger partial charge in [0.25, 0.3) is 0 Å². The van der Waals surface area contributed by atoms with Gasteiger partial charge >= 0.3 is 5.97 Å². The Balaban J connectivity index is 2.45. The molecular formula is C14H12Cl2N2O2. The SMILES string of the molecule is Cc1cc(Cl)c(Nc2ccc(N)cc2C(=O)O)cc1Cl. The Morgan fingerprint density at radius 1 is 1.15 bits per heavy atom. The second-order valence-electron chi connectivity index (χ2n) is 4.32. The zero-order valence-corrected chi connectivity index (χ0v) is 12.1. The molecule has 6 heteroatoms. The van der Waals surface area contributed by atoms with Crippen molar-refractivity contribution in [3.63, 3.8) is 0 Å². The fourth-order valence-corrected chi connectivity index (χ4v) is 2.16. The summed E-state index contributed by atoms with van der Waals surface area (Å²) in [5, 5.41) is 13.2. The van der Waals surface area contributed by atoms with Crippen LogP contribution < -0.4 is 11.1 Å². The lowest BCUT2D eigenvalue weighted by Crippen LogP contribution is -2.04. The molecular weight excluding hydrogens is 299 g/mol. The van der Waals surface area contributed by atoms with Crippen molar-refractivity contribution in [2.24, 2.45) is 0 Å². The van der Waals surface area contributed by atoms with E-state index in [4.69, 9.17) is 28.9 Å². The molecule has 0 saturated heterocycles. The number of nitrogens with two attached hydrogens (primary N) is 1. The first kappa shape index (κ1) is 14.5. The van der Waals surface area contributed by atoms with Crippen molar-refractivity contribution < 1.29 is 9.90 Å². The van der Waals surface area contributed by atoms with E-state index in [1.807, 2.05) is 6.92 Å². The number of rotatable bonds is 3. The number of aryl methyl sites for hydroxylation is 1. The smallest absolute Gasteiger partial charge is 0.337 e. The standard InChI is InChI=1S/C14H12Cl2N2O2/c1-7-4-11(16)13(6-10(7)15)18-12-3-2-8(17)5-9(12)14(19)20/h2-6,18H,17H2,1H3,(H,19,20). The Labute approximate surface area is 126 Å². The van der Waals surface area contributed by atoms with E-state index in [0.717, 1.165) is 5.56 Å². The molecule has 0 fully saturated rings. The monoisotopic (exact) mass is 310 g/mol. The van der Waals surface area contributed by atoms with Crippen LogP contribution in [-0.4, -0.2) is 11.1 Å². The average molecular weight is 311 g/mol. The van der Waals surface area contributed by atoms with Crippen LogP contribution in [0.15, 0.2) is 30.3 Å². The maximum Gasteiger partial charge on any atom is 0.337 e. The Bertz CT molecular complexity index is 687. The molecule has 0 amide bonds. The first-order valence-corrected chi connectivity index (χ1v) is 6.49. The Morgan fingerprint density at radius 3 is 2.50 bits per heavy atom. The van der Waals surface area contributed by atoms with Crippen LogP contribution in [0, 0.1) is 6.92 Å². The van der Waals surface area contributed by atoms with Gasteiger partial charge in [0.2, 0.25) is 0 Å². The average Bonchev–Trinajstić information content (AvgIpc) is 2.37. The van der Waals surface area contributed by atoms with E-state index in [9.17, 15) is 9.90 Å². The van der Waals surface area contributed by atoms with Gasteiger partial charge in [0.1, 0.15) is 0 Å². The summed E-state index contributed by atoms with van der Waals surface area (Å²) in [5.41, 5.74) is 7.82. The maximum absolute atomic E-state index is 11.2. The van der Waals surface area contributed by atoms with Crippen LogP contribution in [0.3, 0.4) is 0 Å². The summed E-state index contributed by atoms with van der Waals surface area (Å²) in [6.45, 7) is 1.84. The lowest BCUT2D eigenvalue weighted by Gasteiger charge is -2.13. The fraction of sp³-hybridized carbons (Fsp3) is 0.0714. The highest BCUT2D eigenvalue weighted by Crippen LogP contribution is 2.32. The summed E-state index contributed by atoms with van der Waals surface area (Å²) in [7, 11) is 0. The second kappa shape index (κ2) is 5.61. The van der Waals surface area contributed by atoms with E-state index < -0.39 is 5.97 Å². The molecule has 104 valence electrons. The molecule has 0 aliphatic carbocycles. The topological polar surface area (TPSA) is 75.3 Å². The van der Waals surface area contributed by atoms with Crippen LogP contribution in [0.1, 0.15) is 15.9 Å². The zero-order valence-electron chi connectivity index (χ0n) is 10.6. The van der Waals surface area contributed by atoms with Gasteiger partial charge in [-0.15, -0.1) is 0 Å². The van der Waals surface area contributed by atoms with Crippen molar-refractivity contribution in [2.75, 3.05) is 11.1 Å². The largest absolute Gasteiger partial charge is 0.478 e. The number of nitrogens with one attached hydrogen (secondary N) is 1. The van der Waals surface area contributed by atoms with Crippen LogP contribution in [0.25, 0.3) is 0 Å². The van der Waals surface area contributed by atoms with E-state index in [-0.39, 0.29) is 5.56 Å². The summed E-state index contributed by atoms with van der Waals surface area (Å²) >= 11 is 12.2. The molecule has 0 spiro atoms. The zero-order chi connectivity index (χ0) is 14.9. The van der Waals surface area contributed by atoms with Crippen molar-refractivity contribution in [3.05, 3.63) is 51.5 Å². The molecule has 0 atom stereocenters. The van der Waals surface area contributed by atoms with Gasteiger partial charge in [-0.2, -0.15) is 0 Å². The normalized spacial score (nSPS) is 10.3. The maximum atomic E-state index is 11.2. The van der Waals surface area contributed by atoms with Crippen molar-refractivity contribution in [1.82, 2.24) is 0 Å². The third-order valence-corrected chi connectivity index (χ3v) is 3.51. The number of carboxylic acids is 1. The number of carboxylic acid groups (broad SMARTS) is 1.